The normalized spacial score (nSPS) is 25.3. The van der Waals surface area contributed by atoms with Crippen LogP contribution in [0.2, 0.25) is 0 Å². The Kier molecular flexibility index (Phi) is 2.08. The molecule has 1 aliphatic heterocycles. The molecule has 0 aromatic heterocycles. The topological polar surface area (TPSA) is 75.8 Å². The van der Waals surface area contributed by atoms with Crippen LogP contribution in [0.1, 0.15) is 6.42 Å². The van der Waals surface area contributed by atoms with Crippen molar-refractivity contribution >= 4 is 6.09 Å². The average Bonchev–Trinajstić information content (AvgIpc) is 2.34. The van der Waals surface area contributed by atoms with Gasteiger partial charge in [0.05, 0.1) is 12.6 Å². The molecule has 10 heavy (non-hydrogen) atoms. The van der Waals surface area contributed by atoms with Gasteiger partial charge in [-0.05, 0) is 6.42 Å². The van der Waals surface area contributed by atoms with E-state index in [0.29, 0.717) is 19.5 Å². The zero-order valence-electron chi connectivity index (χ0n) is 5.49. The van der Waals surface area contributed by atoms with E-state index in [2.05, 4.69) is 4.84 Å². The molecular weight excluding hydrogens is 136 g/mol. The Balaban J connectivity index is 2.35. The number of nitrogens with zero attached hydrogens (tertiary/aromatic N) is 1. The number of amides is 1. The maximum absolute atomic E-state index is 10.3. The molecule has 58 valence electrons. The minimum Gasteiger partial charge on any atom is -0.465 e. The molecule has 1 rings (SSSR count). The van der Waals surface area contributed by atoms with Crippen LogP contribution in [-0.4, -0.2) is 35.3 Å². The van der Waals surface area contributed by atoms with Crippen LogP contribution in [0, 0.1) is 0 Å². The zero-order valence-corrected chi connectivity index (χ0v) is 5.49. The van der Waals surface area contributed by atoms with Crippen LogP contribution in [0.25, 0.3) is 0 Å². The number of likely N-dealkylation sites (tertiary alicyclic amines) is 1. The summed E-state index contributed by atoms with van der Waals surface area (Å²) in [6, 6.07) is 0. The van der Waals surface area contributed by atoms with E-state index in [1.807, 2.05) is 0 Å². The Morgan fingerprint density at radius 1 is 1.80 bits per heavy atom. The summed E-state index contributed by atoms with van der Waals surface area (Å²) in [6.45, 7) is 0.920. The predicted octanol–water partition coefficient (Wildman–Crippen LogP) is -0.371. The fourth-order valence-electron chi connectivity index (χ4n) is 1.01. The molecule has 5 nitrogen and oxygen atoms in total. The highest BCUT2D eigenvalue weighted by Gasteiger charge is 2.25. The van der Waals surface area contributed by atoms with Gasteiger partial charge in [0, 0.05) is 6.54 Å². The zero-order chi connectivity index (χ0) is 7.56. The molecule has 1 heterocycles. The van der Waals surface area contributed by atoms with Crippen LogP contribution in [0.3, 0.4) is 0 Å². The highest BCUT2D eigenvalue weighted by molar-refractivity contribution is 5.65. The second-order valence-corrected chi connectivity index (χ2v) is 2.28. The number of carboxylic acid groups (broad SMARTS) is 1. The Morgan fingerprint density at radius 2 is 2.50 bits per heavy atom. The van der Waals surface area contributed by atoms with E-state index in [0.717, 1.165) is 0 Å². The summed E-state index contributed by atoms with van der Waals surface area (Å²) in [6.07, 6.45) is -0.321. The molecule has 1 aliphatic rings. The lowest BCUT2D eigenvalue weighted by Crippen LogP contribution is -2.29. The molecule has 0 aliphatic carbocycles. The van der Waals surface area contributed by atoms with Crippen molar-refractivity contribution < 1.29 is 14.7 Å². The van der Waals surface area contributed by atoms with Crippen LogP contribution in [0.15, 0.2) is 0 Å². The lowest BCUT2D eigenvalue weighted by atomic mass is 10.3. The Bertz CT molecular complexity index is 139. The van der Waals surface area contributed by atoms with Crippen molar-refractivity contribution in [2.75, 3.05) is 13.1 Å². The third kappa shape index (κ3) is 1.37. The van der Waals surface area contributed by atoms with Gasteiger partial charge in [-0.3, -0.25) is 4.84 Å². The predicted molar refractivity (Wildman–Crippen MR) is 33.3 cm³/mol. The average molecular weight is 146 g/mol. The summed E-state index contributed by atoms with van der Waals surface area (Å²) in [7, 11) is 0. The van der Waals surface area contributed by atoms with Crippen LogP contribution < -0.4 is 5.90 Å². The van der Waals surface area contributed by atoms with E-state index >= 15 is 0 Å². The molecule has 1 fully saturated rings. The van der Waals surface area contributed by atoms with Gasteiger partial charge < -0.3 is 10.0 Å². The fourth-order valence-corrected chi connectivity index (χ4v) is 1.01. The van der Waals surface area contributed by atoms with Gasteiger partial charge in [0.1, 0.15) is 0 Å². The van der Waals surface area contributed by atoms with Crippen LogP contribution in [0.5, 0.6) is 0 Å². The van der Waals surface area contributed by atoms with Gasteiger partial charge in [-0.1, -0.05) is 0 Å². The first-order chi connectivity index (χ1) is 4.74. The lowest BCUT2D eigenvalue weighted by Gasteiger charge is -2.09. The first-order valence-electron chi connectivity index (χ1n) is 3.07. The summed E-state index contributed by atoms with van der Waals surface area (Å²) in [5, 5.41) is 8.46. The Morgan fingerprint density at radius 3 is 2.80 bits per heavy atom. The summed E-state index contributed by atoms with van der Waals surface area (Å²) in [5.41, 5.74) is 0. The maximum atomic E-state index is 10.3. The number of carbonyl (C=O) groups is 1. The minimum atomic E-state index is -0.903. The molecule has 0 radical (unpaired) electrons. The number of hydrogen-bond donors (Lipinski definition) is 2. The summed E-state index contributed by atoms with van der Waals surface area (Å²) in [4.78, 5) is 16.1. The van der Waals surface area contributed by atoms with Gasteiger partial charge >= 0.3 is 6.09 Å². The third-order valence-electron chi connectivity index (χ3n) is 1.61. The highest BCUT2D eigenvalue weighted by atomic mass is 16.6. The molecule has 0 spiro atoms. The van der Waals surface area contributed by atoms with Crippen molar-refractivity contribution in [2.45, 2.75) is 12.5 Å². The van der Waals surface area contributed by atoms with Gasteiger partial charge in [0.25, 0.3) is 0 Å². The van der Waals surface area contributed by atoms with Crippen LogP contribution in [-0.2, 0) is 4.84 Å². The van der Waals surface area contributed by atoms with Gasteiger partial charge in [-0.2, -0.15) is 0 Å². The monoisotopic (exact) mass is 146 g/mol. The summed E-state index contributed by atoms with van der Waals surface area (Å²) < 4.78 is 0. The Hall–Kier alpha value is -0.810. The molecular formula is C5H10N2O3. The summed E-state index contributed by atoms with van der Waals surface area (Å²) in [5.74, 6) is 4.88. The molecule has 1 atom stereocenters. The molecule has 1 amide bonds. The van der Waals surface area contributed by atoms with E-state index in [1.165, 1.54) is 4.90 Å². The SMILES string of the molecule is NO[C@@H]1CCN(C(=O)O)C1. The van der Waals surface area contributed by atoms with Crippen molar-refractivity contribution in [3.05, 3.63) is 0 Å². The second kappa shape index (κ2) is 2.85. The van der Waals surface area contributed by atoms with Crippen molar-refractivity contribution in [3.63, 3.8) is 0 Å². The minimum absolute atomic E-state index is 0.115. The molecule has 0 aromatic rings. The smallest absolute Gasteiger partial charge is 0.407 e. The molecule has 0 bridgehead atoms. The molecule has 0 aromatic carbocycles. The largest absolute Gasteiger partial charge is 0.465 e. The van der Waals surface area contributed by atoms with Gasteiger partial charge in [0.2, 0.25) is 0 Å². The third-order valence-corrected chi connectivity index (χ3v) is 1.61. The molecule has 1 saturated heterocycles. The lowest BCUT2D eigenvalue weighted by molar-refractivity contribution is 0.0590. The number of nitrogens with two attached hydrogens (primary N) is 1. The van der Waals surface area contributed by atoms with Crippen molar-refractivity contribution in [2.24, 2.45) is 5.90 Å². The number of hydrogen-bond acceptors (Lipinski definition) is 3. The van der Waals surface area contributed by atoms with E-state index < -0.39 is 6.09 Å². The molecule has 0 unspecified atom stereocenters. The standard InChI is InChI=1S/C5H10N2O3/c6-10-4-1-2-7(3-4)5(8)9/h4H,1-3,6H2,(H,8,9)/t4-/m1/s1. The van der Waals surface area contributed by atoms with Crippen LogP contribution in [0.4, 0.5) is 4.79 Å². The van der Waals surface area contributed by atoms with Crippen LogP contribution >= 0.6 is 0 Å². The van der Waals surface area contributed by atoms with Crippen molar-refractivity contribution in [3.8, 4) is 0 Å². The van der Waals surface area contributed by atoms with Crippen molar-refractivity contribution in [1.29, 1.82) is 0 Å². The quantitative estimate of drug-likeness (QED) is 0.495. The molecule has 0 saturated carbocycles. The van der Waals surface area contributed by atoms with Gasteiger partial charge in [-0.25, -0.2) is 10.7 Å². The summed E-state index contributed by atoms with van der Waals surface area (Å²) >= 11 is 0. The first kappa shape index (κ1) is 7.30. The van der Waals surface area contributed by atoms with Gasteiger partial charge in [0.15, 0.2) is 0 Å². The first-order valence-corrected chi connectivity index (χ1v) is 3.07. The maximum Gasteiger partial charge on any atom is 0.407 e. The number of rotatable bonds is 1. The molecule has 5 heteroatoms. The second-order valence-electron chi connectivity index (χ2n) is 2.28. The van der Waals surface area contributed by atoms with Gasteiger partial charge in [-0.15, -0.1) is 0 Å². The van der Waals surface area contributed by atoms with E-state index in [4.69, 9.17) is 11.0 Å². The highest BCUT2D eigenvalue weighted by Crippen LogP contribution is 2.10. The van der Waals surface area contributed by atoms with E-state index in [-0.39, 0.29) is 6.10 Å². The van der Waals surface area contributed by atoms with E-state index in [1.54, 1.807) is 0 Å². The Labute approximate surface area is 58.3 Å². The molecule has 3 N–H and O–H groups in total. The van der Waals surface area contributed by atoms with Crippen molar-refractivity contribution in [1.82, 2.24) is 4.90 Å². The van der Waals surface area contributed by atoms with E-state index in [9.17, 15) is 4.79 Å². The fraction of sp³-hybridized carbons (Fsp3) is 0.800.